The fraction of sp³-hybridized carbons (Fsp3) is 0.143. The third kappa shape index (κ3) is 5.12. The van der Waals surface area contributed by atoms with Crippen LogP contribution in [-0.2, 0) is 9.59 Å². The van der Waals surface area contributed by atoms with Gasteiger partial charge in [-0.15, -0.1) is 0 Å². The summed E-state index contributed by atoms with van der Waals surface area (Å²) in [6.45, 7) is 0.273. The van der Waals surface area contributed by atoms with E-state index >= 15 is 0 Å². The molecule has 0 atom stereocenters. The Morgan fingerprint density at radius 2 is 1.88 bits per heavy atom. The molecule has 0 aliphatic carbocycles. The molecule has 1 fully saturated rings. The van der Waals surface area contributed by atoms with Crippen molar-refractivity contribution in [3.05, 3.63) is 63.0 Å². The fourth-order valence-corrected chi connectivity index (χ4v) is 4.50. The molecule has 2 heterocycles. The summed E-state index contributed by atoms with van der Waals surface area (Å²) >= 11 is 9.76. The summed E-state index contributed by atoms with van der Waals surface area (Å²) in [6, 6.07) is 12.1. The summed E-state index contributed by atoms with van der Waals surface area (Å²) < 4.78 is 11.9. The number of carbonyl (C=O) groups is 3. The maximum Gasteiger partial charge on any atom is 0.269 e. The number of nitrogens with zero attached hydrogens (tertiary/aromatic N) is 1. The molecular formula is C21H16BrN3O5S2. The summed E-state index contributed by atoms with van der Waals surface area (Å²) in [5.74, 6) is 0.126. The molecule has 2 N–H and O–H groups in total. The quantitative estimate of drug-likeness (QED) is 0.346. The van der Waals surface area contributed by atoms with Crippen molar-refractivity contribution in [2.24, 2.45) is 0 Å². The lowest BCUT2D eigenvalue weighted by Gasteiger charge is -2.14. The highest BCUT2D eigenvalue weighted by molar-refractivity contribution is 9.10. The first-order valence-corrected chi connectivity index (χ1v) is 11.4. The van der Waals surface area contributed by atoms with Gasteiger partial charge in [0.2, 0.25) is 12.7 Å². The number of carbonyl (C=O) groups excluding carboxylic acids is 3. The molecule has 2 aliphatic heterocycles. The van der Waals surface area contributed by atoms with Gasteiger partial charge in [-0.1, -0.05) is 46.0 Å². The molecule has 0 unspecified atom stereocenters. The zero-order chi connectivity index (χ0) is 22.7. The normalized spacial score (nSPS) is 15.9. The smallest absolute Gasteiger partial charge is 0.269 e. The molecular weight excluding hydrogens is 518 g/mol. The summed E-state index contributed by atoms with van der Waals surface area (Å²) in [7, 11) is 0. The van der Waals surface area contributed by atoms with Gasteiger partial charge >= 0.3 is 0 Å². The van der Waals surface area contributed by atoms with Crippen molar-refractivity contribution in [1.29, 1.82) is 0 Å². The van der Waals surface area contributed by atoms with Crippen molar-refractivity contribution in [3.8, 4) is 11.5 Å². The molecule has 3 amide bonds. The Morgan fingerprint density at radius 1 is 1.12 bits per heavy atom. The number of rotatable bonds is 5. The lowest BCUT2D eigenvalue weighted by molar-refractivity contribution is -0.124. The van der Waals surface area contributed by atoms with Gasteiger partial charge in [-0.25, -0.2) is 0 Å². The predicted octanol–water partition coefficient (Wildman–Crippen LogP) is 3.23. The molecule has 2 aliphatic rings. The monoisotopic (exact) mass is 533 g/mol. The van der Waals surface area contributed by atoms with Crippen LogP contribution in [0.25, 0.3) is 6.08 Å². The Balaban J connectivity index is 1.30. The van der Waals surface area contributed by atoms with Crippen LogP contribution in [-0.4, -0.2) is 40.3 Å². The Morgan fingerprint density at radius 3 is 2.66 bits per heavy atom. The minimum atomic E-state index is -0.442. The number of hydrazine groups is 1. The van der Waals surface area contributed by atoms with Crippen LogP contribution in [0.2, 0.25) is 0 Å². The van der Waals surface area contributed by atoms with Gasteiger partial charge in [0, 0.05) is 23.0 Å². The molecule has 8 nitrogen and oxygen atoms in total. The van der Waals surface area contributed by atoms with E-state index in [1.54, 1.807) is 42.5 Å². The van der Waals surface area contributed by atoms with Crippen molar-refractivity contribution in [1.82, 2.24) is 15.8 Å². The molecule has 1 saturated heterocycles. The Bertz CT molecular complexity index is 1140. The number of thioether (sulfide) groups is 1. The van der Waals surface area contributed by atoms with E-state index in [-0.39, 0.29) is 25.7 Å². The molecule has 2 aromatic carbocycles. The zero-order valence-electron chi connectivity index (χ0n) is 16.4. The number of hydrogen-bond acceptors (Lipinski definition) is 7. The van der Waals surface area contributed by atoms with E-state index in [4.69, 9.17) is 21.7 Å². The van der Waals surface area contributed by atoms with Crippen LogP contribution in [0.15, 0.2) is 51.8 Å². The summed E-state index contributed by atoms with van der Waals surface area (Å²) in [4.78, 5) is 38.7. The molecule has 0 aromatic heterocycles. The van der Waals surface area contributed by atoms with Crippen LogP contribution in [0.4, 0.5) is 0 Å². The molecule has 0 saturated carbocycles. The first-order valence-electron chi connectivity index (χ1n) is 9.40. The standard InChI is InChI=1S/C21H16BrN3O5S2/c22-14-4-2-13(3-5-14)19(27)24-23-18(26)7-8-25-20(28)17(32-21(25)31)10-12-1-6-15-16(9-12)30-11-29-15/h1-6,9-10H,7-8,11H2,(H,23,26)(H,24,27)/b17-10-. The van der Waals surface area contributed by atoms with Gasteiger partial charge in [0.15, 0.2) is 11.5 Å². The van der Waals surface area contributed by atoms with Crippen LogP contribution >= 0.6 is 39.9 Å². The van der Waals surface area contributed by atoms with Crippen molar-refractivity contribution in [2.75, 3.05) is 13.3 Å². The van der Waals surface area contributed by atoms with Crippen molar-refractivity contribution in [3.63, 3.8) is 0 Å². The summed E-state index contributed by atoms with van der Waals surface area (Å²) in [5, 5.41) is 0. The lowest BCUT2D eigenvalue weighted by atomic mass is 10.2. The molecule has 164 valence electrons. The topological polar surface area (TPSA) is 97.0 Å². The van der Waals surface area contributed by atoms with Crippen LogP contribution in [0.3, 0.4) is 0 Å². The number of thiocarbonyl (C=S) groups is 1. The van der Waals surface area contributed by atoms with Gasteiger partial charge in [0.1, 0.15) is 4.32 Å². The number of fused-ring (bicyclic) bond motifs is 1. The second-order valence-electron chi connectivity index (χ2n) is 6.71. The molecule has 4 rings (SSSR count). The van der Waals surface area contributed by atoms with Gasteiger partial charge in [-0.05, 0) is 48.0 Å². The SMILES string of the molecule is O=C(CCN1C(=O)/C(=C/c2ccc3c(c2)OCO3)SC1=S)NNC(=O)c1ccc(Br)cc1. The molecule has 2 aromatic rings. The van der Waals surface area contributed by atoms with Gasteiger partial charge in [0.25, 0.3) is 11.8 Å². The van der Waals surface area contributed by atoms with Crippen molar-refractivity contribution >= 4 is 68.0 Å². The number of hydrogen-bond donors (Lipinski definition) is 2. The van der Waals surface area contributed by atoms with E-state index in [9.17, 15) is 14.4 Å². The van der Waals surface area contributed by atoms with E-state index in [1.165, 1.54) is 16.7 Å². The average Bonchev–Trinajstić information content (AvgIpc) is 3.35. The molecule has 0 radical (unpaired) electrons. The average molecular weight is 534 g/mol. The van der Waals surface area contributed by atoms with Gasteiger partial charge in [-0.2, -0.15) is 0 Å². The highest BCUT2D eigenvalue weighted by atomic mass is 79.9. The Kier molecular flexibility index (Phi) is 6.77. The van der Waals surface area contributed by atoms with E-state index in [0.29, 0.717) is 26.3 Å². The van der Waals surface area contributed by atoms with Crippen molar-refractivity contribution < 1.29 is 23.9 Å². The van der Waals surface area contributed by atoms with Crippen LogP contribution < -0.4 is 20.3 Å². The van der Waals surface area contributed by atoms with Gasteiger partial charge < -0.3 is 9.47 Å². The number of amides is 3. The zero-order valence-corrected chi connectivity index (χ0v) is 19.6. The van der Waals surface area contributed by atoms with E-state index in [1.807, 2.05) is 6.07 Å². The highest BCUT2D eigenvalue weighted by Gasteiger charge is 2.32. The van der Waals surface area contributed by atoms with E-state index in [2.05, 4.69) is 26.8 Å². The largest absolute Gasteiger partial charge is 0.454 e. The number of nitrogens with one attached hydrogen (secondary N) is 2. The first kappa shape index (κ1) is 22.3. The highest BCUT2D eigenvalue weighted by Crippen LogP contribution is 2.36. The Labute approximate surface area is 201 Å². The third-order valence-corrected chi connectivity index (χ3v) is 6.46. The Hall–Kier alpha value is -2.89. The second-order valence-corrected chi connectivity index (χ2v) is 9.30. The molecule has 0 spiro atoms. The van der Waals surface area contributed by atoms with Crippen LogP contribution in [0.1, 0.15) is 22.3 Å². The first-order chi connectivity index (χ1) is 15.4. The number of benzene rings is 2. The van der Waals surface area contributed by atoms with Crippen molar-refractivity contribution in [2.45, 2.75) is 6.42 Å². The number of ether oxygens (including phenoxy) is 2. The van der Waals surface area contributed by atoms with Gasteiger partial charge in [-0.3, -0.25) is 30.1 Å². The van der Waals surface area contributed by atoms with Gasteiger partial charge in [0.05, 0.1) is 4.91 Å². The minimum Gasteiger partial charge on any atom is -0.454 e. The molecule has 0 bridgehead atoms. The van der Waals surface area contributed by atoms with E-state index in [0.717, 1.165) is 10.0 Å². The molecule has 32 heavy (non-hydrogen) atoms. The molecule has 11 heteroatoms. The summed E-state index contributed by atoms with van der Waals surface area (Å²) in [6.07, 6.45) is 1.70. The number of halogens is 1. The van der Waals surface area contributed by atoms with Crippen LogP contribution in [0.5, 0.6) is 11.5 Å². The maximum atomic E-state index is 12.7. The lowest BCUT2D eigenvalue weighted by Crippen LogP contribution is -2.43. The fourth-order valence-electron chi connectivity index (χ4n) is 2.92. The van der Waals surface area contributed by atoms with Crippen LogP contribution in [0, 0.1) is 0 Å². The maximum absolute atomic E-state index is 12.7. The third-order valence-electron chi connectivity index (χ3n) is 4.55. The predicted molar refractivity (Wildman–Crippen MR) is 127 cm³/mol. The van der Waals surface area contributed by atoms with E-state index < -0.39 is 11.8 Å². The minimum absolute atomic E-state index is 0.0235. The summed E-state index contributed by atoms with van der Waals surface area (Å²) in [5.41, 5.74) is 5.88. The second kappa shape index (κ2) is 9.72.